The van der Waals surface area contributed by atoms with E-state index in [1.54, 1.807) is 30.3 Å². The van der Waals surface area contributed by atoms with Crippen molar-refractivity contribution < 1.29 is 24.9 Å². The van der Waals surface area contributed by atoms with Crippen molar-refractivity contribution in [3.8, 4) is 0 Å². The predicted octanol–water partition coefficient (Wildman–Crippen LogP) is -1.19. The number of fused-ring (bicyclic) bond motifs is 1. The fraction of sp³-hybridized carbons (Fsp3) is 0.294. The Kier molecular flexibility index (Phi) is 4.43. The van der Waals surface area contributed by atoms with Crippen molar-refractivity contribution in [3.63, 3.8) is 0 Å². The molecule has 3 aromatic rings. The van der Waals surface area contributed by atoms with Crippen molar-refractivity contribution in [1.82, 2.24) is 19.5 Å². The molecule has 6 N–H and O–H groups in total. The molecule has 0 unspecified atom stereocenters. The van der Waals surface area contributed by atoms with Crippen LogP contribution in [0.15, 0.2) is 43.0 Å². The van der Waals surface area contributed by atoms with E-state index in [0.29, 0.717) is 5.69 Å². The normalized spacial score (nSPS) is 27.2. The zero-order chi connectivity index (χ0) is 19.9. The van der Waals surface area contributed by atoms with Crippen molar-refractivity contribution in [2.45, 2.75) is 24.0 Å². The molecule has 0 bridgehead atoms. The zero-order valence-corrected chi connectivity index (χ0v) is 14.5. The number of para-hydroxylation sites is 1. The van der Waals surface area contributed by atoms with Crippen LogP contribution in [0, 0.1) is 0 Å². The van der Waals surface area contributed by atoms with Gasteiger partial charge in [0, 0.05) is 5.69 Å². The zero-order valence-electron chi connectivity index (χ0n) is 14.5. The number of amides is 1. The number of nitrogens with one attached hydrogen (secondary N) is 1. The first-order chi connectivity index (χ1) is 13.5. The fourth-order valence-corrected chi connectivity index (χ4v) is 3.28. The molecule has 1 aliphatic heterocycles. The third-order valence-electron chi connectivity index (χ3n) is 4.69. The minimum absolute atomic E-state index is 0.0779. The van der Waals surface area contributed by atoms with E-state index in [9.17, 15) is 20.1 Å². The Morgan fingerprint density at radius 3 is 2.68 bits per heavy atom. The van der Waals surface area contributed by atoms with E-state index in [0.717, 1.165) is 0 Å². The number of carbonyl (C=O) groups is 1. The van der Waals surface area contributed by atoms with Crippen molar-refractivity contribution in [3.05, 3.63) is 43.0 Å². The van der Waals surface area contributed by atoms with Crippen LogP contribution in [0.3, 0.4) is 0 Å². The third kappa shape index (κ3) is 2.60. The van der Waals surface area contributed by atoms with Crippen LogP contribution in [0.2, 0.25) is 0 Å². The summed E-state index contributed by atoms with van der Waals surface area (Å²) < 4.78 is 6.89. The summed E-state index contributed by atoms with van der Waals surface area (Å²) in [7, 11) is 0. The summed E-state index contributed by atoms with van der Waals surface area (Å²) in [6.45, 7) is -0.609. The fourth-order valence-electron chi connectivity index (χ4n) is 3.28. The number of imidazole rings is 1. The second-order valence-electron chi connectivity index (χ2n) is 6.34. The number of rotatable bonds is 4. The number of nitrogens with zero attached hydrogens (tertiary/aromatic N) is 4. The van der Waals surface area contributed by atoms with Crippen molar-refractivity contribution >= 4 is 28.6 Å². The molecule has 2 aromatic heterocycles. The Balaban J connectivity index is 1.87. The number of hydrogen-bond acceptors (Lipinski definition) is 9. The van der Waals surface area contributed by atoms with E-state index >= 15 is 0 Å². The van der Waals surface area contributed by atoms with E-state index in [2.05, 4.69) is 20.3 Å². The van der Waals surface area contributed by atoms with Gasteiger partial charge in [-0.25, -0.2) is 15.0 Å². The SMILES string of the molecule is Nc1ncnc2c1ncn2[C@]1(C(=O)Nc2ccccc2)O[C@H](CO)[C@@H](O)[C@H]1O. The van der Waals surface area contributed by atoms with Gasteiger partial charge in [0.05, 0.1) is 6.61 Å². The lowest BCUT2D eigenvalue weighted by Crippen LogP contribution is -2.54. The number of aliphatic hydroxyl groups excluding tert-OH is 3. The molecule has 1 saturated heterocycles. The molecule has 11 nitrogen and oxygen atoms in total. The average Bonchev–Trinajstić information content (AvgIpc) is 3.24. The van der Waals surface area contributed by atoms with Gasteiger partial charge in [0.25, 0.3) is 11.6 Å². The standard InChI is InChI=1S/C17H18N6O5/c18-14-11-15(20-7-19-14)23(8-21-11)17(13(26)12(25)10(6-24)28-17)16(27)22-9-4-2-1-3-5-9/h1-5,7-8,10,12-13,24-26H,6H2,(H,22,27)(H2,18,19,20)/t10-,12-,13-,17+/m1/s1. The van der Waals surface area contributed by atoms with Crippen LogP contribution in [0.25, 0.3) is 11.2 Å². The molecule has 28 heavy (non-hydrogen) atoms. The molecule has 146 valence electrons. The van der Waals surface area contributed by atoms with Crippen LogP contribution in [0.5, 0.6) is 0 Å². The van der Waals surface area contributed by atoms with Crippen molar-refractivity contribution in [1.29, 1.82) is 0 Å². The molecule has 0 radical (unpaired) electrons. The van der Waals surface area contributed by atoms with E-state index in [-0.39, 0.29) is 17.0 Å². The topological polar surface area (TPSA) is 169 Å². The molecule has 0 spiro atoms. The van der Waals surface area contributed by atoms with E-state index in [4.69, 9.17) is 10.5 Å². The molecule has 4 atom stereocenters. The lowest BCUT2D eigenvalue weighted by Gasteiger charge is -2.32. The minimum Gasteiger partial charge on any atom is -0.394 e. The molecule has 1 fully saturated rings. The van der Waals surface area contributed by atoms with Gasteiger partial charge in [-0.2, -0.15) is 0 Å². The maximum atomic E-state index is 13.3. The number of carbonyl (C=O) groups excluding carboxylic acids is 1. The summed E-state index contributed by atoms with van der Waals surface area (Å²) in [4.78, 5) is 25.3. The third-order valence-corrected chi connectivity index (χ3v) is 4.69. The highest BCUT2D eigenvalue weighted by Gasteiger charge is 2.61. The second kappa shape index (κ2) is 6.80. The Hall–Kier alpha value is -3.12. The molecular formula is C17H18N6O5. The Morgan fingerprint density at radius 2 is 2.00 bits per heavy atom. The second-order valence-corrected chi connectivity index (χ2v) is 6.34. The van der Waals surface area contributed by atoms with Crippen LogP contribution < -0.4 is 11.1 Å². The summed E-state index contributed by atoms with van der Waals surface area (Å²) in [5, 5.41) is 33.3. The van der Waals surface area contributed by atoms with Gasteiger partial charge in [-0.05, 0) is 12.1 Å². The largest absolute Gasteiger partial charge is 0.394 e. The summed E-state index contributed by atoms with van der Waals surface area (Å²) in [6, 6.07) is 8.53. The van der Waals surface area contributed by atoms with Gasteiger partial charge in [-0.15, -0.1) is 0 Å². The molecule has 1 aromatic carbocycles. The average molecular weight is 386 g/mol. The molecule has 4 rings (SSSR count). The summed E-state index contributed by atoms with van der Waals surface area (Å²) >= 11 is 0. The predicted molar refractivity (Wildman–Crippen MR) is 96.8 cm³/mol. The minimum atomic E-state index is -2.14. The van der Waals surface area contributed by atoms with Gasteiger partial charge in [0.1, 0.15) is 36.5 Å². The molecule has 3 heterocycles. The van der Waals surface area contributed by atoms with E-state index in [1.165, 1.54) is 17.2 Å². The van der Waals surface area contributed by atoms with E-state index < -0.39 is 36.6 Å². The lowest BCUT2D eigenvalue weighted by atomic mass is 10.0. The maximum Gasteiger partial charge on any atom is 0.281 e. The van der Waals surface area contributed by atoms with Crippen LogP contribution in [0.4, 0.5) is 11.5 Å². The number of hydrogen-bond donors (Lipinski definition) is 5. The number of ether oxygens (including phenoxy) is 1. The first-order valence-corrected chi connectivity index (χ1v) is 8.44. The van der Waals surface area contributed by atoms with Crippen molar-refractivity contribution in [2.24, 2.45) is 0 Å². The molecule has 1 aliphatic rings. The summed E-state index contributed by atoms with van der Waals surface area (Å²) in [6.07, 6.45) is -2.05. The number of anilines is 2. The first-order valence-electron chi connectivity index (χ1n) is 8.44. The summed E-state index contributed by atoms with van der Waals surface area (Å²) in [5.41, 5.74) is 4.44. The Bertz CT molecular complexity index is 1010. The smallest absolute Gasteiger partial charge is 0.281 e. The number of nitrogen functional groups attached to an aromatic ring is 1. The Morgan fingerprint density at radius 1 is 1.25 bits per heavy atom. The molecule has 1 amide bonds. The molecule has 0 saturated carbocycles. The maximum absolute atomic E-state index is 13.3. The van der Waals surface area contributed by atoms with Crippen LogP contribution in [-0.4, -0.2) is 65.7 Å². The van der Waals surface area contributed by atoms with Crippen LogP contribution in [-0.2, 0) is 15.3 Å². The van der Waals surface area contributed by atoms with Gasteiger partial charge in [0.15, 0.2) is 11.5 Å². The molecule has 0 aliphatic carbocycles. The summed E-state index contributed by atoms with van der Waals surface area (Å²) in [5.74, 6) is -0.702. The first kappa shape index (κ1) is 18.3. The monoisotopic (exact) mass is 386 g/mol. The van der Waals surface area contributed by atoms with Gasteiger partial charge >= 0.3 is 0 Å². The van der Waals surface area contributed by atoms with Gasteiger partial charge in [-0.3, -0.25) is 9.36 Å². The number of aromatic nitrogens is 4. The lowest BCUT2D eigenvalue weighted by molar-refractivity contribution is -0.170. The molecular weight excluding hydrogens is 368 g/mol. The number of aliphatic hydroxyl groups is 3. The quantitative estimate of drug-likeness (QED) is 0.370. The van der Waals surface area contributed by atoms with E-state index in [1.807, 2.05) is 0 Å². The van der Waals surface area contributed by atoms with Gasteiger partial charge < -0.3 is 31.1 Å². The van der Waals surface area contributed by atoms with Crippen molar-refractivity contribution in [2.75, 3.05) is 17.7 Å². The highest BCUT2D eigenvalue weighted by atomic mass is 16.6. The highest BCUT2D eigenvalue weighted by molar-refractivity contribution is 5.97. The van der Waals surface area contributed by atoms with Gasteiger partial charge in [-0.1, -0.05) is 18.2 Å². The number of nitrogens with two attached hydrogens (primary N) is 1. The van der Waals surface area contributed by atoms with Crippen LogP contribution in [0.1, 0.15) is 0 Å². The molecule has 11 heteroatoms. The van der Waals surface area contributed by atoms with Crippen LogP contribution >= 0.6 is 0 Å². The number of benzene rings is 1. The Labute approximate surface area is 158 Å². The van der Waals surface area contributed by atoms with Gasteiger partial charge in [0.2, 0.25) is 0 Å². The highest BCUT2D eigenvalue weighted by Crippen LogP contribution is 2.38.